The van der Waals surface area contributed by atoms with Gasteiger partial charge in [0.05, 0.1) is 10.7 Å². The Bertz CT molecular complexity index is 864. The number of hydrogen-bond acceptors (Lipinski definition) is 2. The fourth-order valence-corrected chi connectivity index (χ4v) is 2.87. The van der Waals surface area contributed by atoms with Crippen LogP contribution in [0.4, 0.5) is 5.69 Å². The Kier molecular flexibility index (Phi) is 5.85. The Balaban J connectivity index is 1.63. The van der Waals surface area contributed by atoms with Crippen LogP contribution in [-0.2, 0) is 13.2 Å². The molecule has 128 valence electrons. The molecule has 4 heteroatoms. The molecule has 3 aromatic carbocycles. The number of ether oxygens (including phenoxy) is 1. The van der Waals surface area contributed by atoms with Crippen LogP contribution in [0.25, 0.3) is 0 Å². The smallest absolute Gasteiger partial charge is 0.120 e. The molecule has 0 saturated carbocycles. The molecule has 0 heterocycles. The number of anilines is 1. The maximum atomic E-state index is 6.18. The van der Waals surface area contributed by atoms with Gasteiger partial charge in [0.1, 0.15) is 12.4 Å². The lowest BCUT2D eigenvalue weighted by molar-refractivity contribution is 0.305. The Morgan fingerprint density at radius 3 is 2.60 bits per heavy atom. The van der Waals surface area contributed by atoms with E-state index in [0.717, 1.165) is 17.0 Å². The Morgan fingerprint density at radius 1 is 0.920 bits per heavy atom. The molecule has 0 spiro atoms. The summed E-state index contributed by atoms with van der Waals surface area (Å²) in [6, 6.07) is 21.7. The maximum absolute atomic E-state index is 6.18. The van der Waals surface area contributed by atoms with E-state index in [9.17, 15) is 0 Å². The first-order valence-electron chi connectivity index (χ1n) is 8.07. The van der Waals surface area contributed by atoms with Crippen LogP contribution in [0, 0.1) is 6.92 Å². The van der Waals surface area contributed by atoms with E-state index in [1.165, 1.54) is 11.1 Å². The first-order chi connectivity index (χ1) is 12.1. The molecular weight excluding hydrogens is 353 g/mol. The zero-order valence-corrected chi connectivity index (χ0v) is 15.4. The second-order valence-electron chi connectivity index (χ2n) is 5.84. The minimum Gasteiger partial charge on any atom is -0.489 e. The summed E-state index contributed by atoms with van der Waals surface area (Å²) in [7, 11) is 0. The normalized spacial score (nSPS) is 10.5. The van der Waals surface area contributed by atoms with Gasteiger partial charge in [-0.25, -0.2) is 0 Å². The van der Waals surface area contributed by atoms with Crippen molar-refractivity contribution in [2.75, 3.05) is 5.32 Å². The number of rotatable bonds is 6. The van der Waals surface area contributed by atoms with Gasteiger partial charge in [-0.2, -0.15) is 0 Å². The van der Waals surface area contributed by atoms with Crippen LogP contribution in [0.1, 0.15) is 16.7 Å². The van der Waals surface area contributed by atoms with E-state index in [0.29, 0.717) is 23.2 Å². The molecule has 1 N–H and O–H groups in total. The van der Waals surface area contributed by atoms with Gasteiger partial charge in [0.25, 0.3) is 0 Å². The van der Waals surface area contributed by atoms with E-state index in [1.807, 2.05) is 42.5 Å². The number of halogens is 2. The van der Waals surface area contributed by atoms with Gasteiger partial charge in [-0.1, -0.05) is 59.6 Å². The molecule has 0 radical (unpaired) electrons. The summed E-state index contributed by atoms with van der Waals surface area (Å²) < 4.78 is 5.93. The van der Waals surface area contributed by atoms with Crippen molar-refractivity contribution in [1.82, 2.24) is 0 Å². The lowest BCUT2D eigenvalue weighted by Gasteiger charge is -2.12. The van der Waals surface area contributed by atoms with E-state index in [4.69, 9.17) is 27.9 Å². The second kappa shape index (κ2) is 8.28. The van der Waals surface area contributed by atoms with Gasteiger partial charge in [-0.3, -0.25) is 0 Å². The van der Waals surface area contributed by atoms with E-state index in [1.54, 1.807) is 12.1 Å². The third-order valence-corrected chi connectivity index (χ3v) is 4.53. The van der Waals surface area contributed by atoms with E-state index < -0.39 is 0 Å². The van der Waals surface area contributed by atoms with E-state index in [-0.39, 0.29) is 0 Å². The van der Waals surface area contributed by atoms with Gasteiger partial charge in [-0.05, 0) is 53.9 Å². The quantitative estimate of drug-likeness (QED) is 0.534. The van der Waals surface area contributed by atoms with Gasteiger partial charge in [0.15, 0.2) is 0 Å². The minimum atomic E-state index is 0.559. The van der Waals surface area contributed by atoms with Crippen molar-refractivity contribution < 1.29 is 4.74 Å². The van der Waals surface area contributed by atoms with Crippen LogP contribution in [0.5, 0.6) is 5.75 Å². The lowest BCUT2D eigenvalue weighted by atomic mass is 10.1. The molecule has 2 nitrogen and oxygen atoms in total. The number of benzene rings is 3. The van der Waals surface area contributed by atoms with Gasteiger partial charge >= 0.3 is 0 Å². The van der Waals surface area contributed by atoms with Crippen molar-refractivity contribution in [2.24, 2.45) is 0 Å². The highest BCUT2D eigenvalue weighted by Crippen LogP contribution is 2.26. The molecule has 0 bridgehead atoms. The van der Waals surface area contributed by atoms with Gasteiger partial charge in [0, 0.05) is 11.6 Å². The molecule has 3 rings (SSSR count). The fourth-order valence-electron chi connectivity index (χ4n) is 2.51. The maximum Gasteiger partial charge on any atom is 0.120 e. The first-order valence-corrected chi connectivity index (χ1v) is 8.82. The van der Waals surface area contributed by atoms with Gasteiger partial charge in [-0.15, -0.1) is 0 Å². The molecule has 0 amide bonds. The largest absolute Gasteiger partial charge is 0.489 e. The van der Waals surface area contributed by atoms with Crippen molar-refractivity contribution in [3.05, 3.63) is 93.5 Å². The molecule has 3 aromatic rings. The molecular formula is C21H19Cl2NO. The summed E-state index contributed by atoms with van der Waals surface area (Å²) in [5.74, 6) is 0.847. The van der Waals surface area contributed by atoms with Crippen molar-refractivity contribution in [3.8, 4) is 5.75 Å². The van der Waals surface area contributed by atoms with Crippen molar-refractivity contribution in [3.63, 3.8) is 0 Å². The zero-order valence-electron chi connectivity index (χ0n) is 13.9. The monoisotopic (exact) mass is 371 g/mol. The molecule has 0 fully saturated rings. The summed E-state index contributed by atoms with van der Waals surface area (Å²) >= 11 is 12.2. The van der Waals surface area contributed by atoms with Gasteiger partial charge < -0.3 is 10.1 Å². The highest BCUT2D eigenvalue weighted by atomic mass is 35.5. The van der Waals surface area contributed by atoms with Crippen LogP contribution in [0.15, 0.2) is 66.7 Å². The predicted octanol–water partition coefficient (Wildman–Crippen LogP) is 6.49. The van der Waals surface area contributed by atoms with Crippen molar-refractivity contribution in [1.29, 1.82) is 0 Å². The van der Waals surface area contributed by atoms with Gasteiger partial charge in [0.2, 0.25) is 0 Å². The summed E-state index contributed by atoms with van der Waals surface area (Å²) in [6.45, 7) is 3.29. The minimum absolute atomic E-state index is 0.559. The Hall–Kier alpha value is -2.16. The van der Waals surface area contributed by atoms with Crippen molar-refractivity contribution >= 4 is 28.9 Å². The van der Waals surface area contributed by atoms with E-state index in [2.05, 4.69) is 24.4 Å². The number of hydrogen-bond donors (Lipinski definition) is 1. The SMILES string of the molecule is Cc1ccccc1COc1cccc(CNc2cc(Cl)ccc2Cl)c1. The number of aryl methyl sites for hydroxylation is 1. The third kappa shape index (κ3) is 4.91. The zero-order chi connectivity index (χ0) is 17.6. The topological polar surface area (TPSA) is 21.3 Å². The van der Waals surface area contributed by atoms with Crippen LogP contribution < -0.4 is 10.1 Å². The van der Waals surface area contributed by atoms with Crippen LogP contribution in [0.3, 0.4) is 0 Å². The molecule has 0 aliphatic rings. The molecule has 0 aliphatic heterocycles. The molecule has 0 atom stereocenters. The highest BCUT2D eigenvalue weighted by Gasteiger charge is 2.03. The average Bonchev–Trinajstić information content (AvgIpc) is 2.62. The highest BCUT2D eigenvalue weighted by molar-refractivity contribution is 6.35. The lowest BCUT2D eigenvalue weighted by Crippen LogP contribution is -2.01. The van der Waals surface area contributed by atoms with Crippen LogP contribution in [0.2, 0.25) is 10.0 Å². The fraction of sp³-hybridized carbons (Fsp3) is 0.143. The predicted molar refractivity (Wildman–Crippen MR) is 106 cm³/mol. The number of nitrogens with one attached hydrogen (secondary N) is 1. The standard InChI is InChI=1S/C21H19Cl2NO/c1-15-5-2-3-7-17(15)14-25-19-8-4-6-16(11-19)13-24-21-12-18(22)9-10-20(21)23/h2-12,24H,13-14H2,1H3. The summed E-state index contributed by atoms with van der Waals surface area (Å²) in [6.07, 6.45) is 0. The molecule has 0 aromatic heterocycles. The first kappa shape index (κ1) is 17.7. The summed E-state index contributed by atoms with van der Waals surface area (Å²) in [5, 5.41) is 4.61. The van der Waals surface area contributed by atoms with Crippen LogP contribution in [-0.4, -0.2) is 0 Å². The molecule has 0 unspecified atom stereocenters. The Morgan fingerprint density at radius 2 is 1.76 bits per heavy atom. The molecule has 25 heavy (non-hydrogen) atoms. The third-order valence-electron chi connectivity index (χ3n) is 3.97. The molecule has 0 saturated heterocycles. The average molecular weight is 372 g/mol. The van der Waals surface area contributed by atoms with Crippen molar-refractivity contribution in [2.45, 2.75) is 20.1 Å². The summed E-state index contributed by atoms with van der Waals surface area (Å²) in [4.78, 5) is 0. The second-order valence-corrected chi connectivity index (χ2v) is 6.68. The van der Waals surface area contributed by atoms with E-state index >= 15 is 0 Å². The molecule has 0 aliphatic carbocycles. The Labute approximate surface area is 158 Å². The summed E-state index contributed by atoms with van der Waals surface area (Å²) in [5.41, 5.74) is 4.35. The van der Waals surface area contributed by atoms with Crippen LogP contribution >= 0.6 is 23.2 Å².